The molecule has 1 fully saturated rings. The Morgan fingerprint density at radius 2 is 2.36 bits per heavy atom. The lowest BCUT2D eigenvalue weighted by molar-refractivity contribution is 0.797. The van der Waals surface area contributed by atoms with E-state index in [0.29, 0.717) is 9.86 Å². The predicted molar refractivity (Wildman–Crippen MR) is 53.4 cm³/mol. The maximum atomic E-state index is 5.10. The van der Waals surface area contributed by atoms with Gasteiger partial charge in [0.15, 0.2) is 5.11 Å². The molecule has 0 aromatic rings. The highest BCUT2D eigenvalue weighted by molar-refractivity contribution is 8.00. The van der Waals surface area contributed by atoms with E-state index >= 15 is 0 Å². The van der Waals surface area contributed by atoms with Crippen LogP contribution in [-0.4, -0.2) is 22.7 Å². The average molecular weight is 191 g/mol. The Kier molecular flexibility index (Phi) is 2.98. The highest BCUT2D eigenvalue weighted by Gasteiger charge is 2.41. The fourth-order valence-corrected chi connectivity index (χ4v) is 1.68. The summed E-state index contributed by atoms with van der Waals surface area (Å²) in [5, 5.41) is 3.59. The molecule has 1 rings (SSSR count). The van der Waals surface area contributed by atoms with Gasteiger partial charge in [0.1, 0.15) is 0 Å². The molecule has 64 valence electrons. The van der Waals surface area contributed by atoms with E-state index in [-0.39, 0.29) is 0 Å². The highest BCUT2D eigenvalue weighted by Crippen LogP contribution is 2.46. The topological polar surface area (TPSA) is 50.1 Å². The van der Waals surface area contributed by atoms with Crippen LogP contribution in [-0.2, 0) is 0 Å². The number of hydrogen-bond donors (Lipinski definition) is 3. The van der Waals surface area contributed by atoms with E-state index < -0.39 is 0 Å². The number of nitrogens with one attached hydrogen (secondary N) is 2. The van der Waals surface area contributed by atoms with Gasteiger partial charge in [-0.25, -0.2) is 5.84 Å². The summed E-state index contributed by atoms with van der Waals surface area (Å²) in [6.45, 7) is 0.928. The van der Waals surface area contributed by atoms with Gasteiger partial charge in [-0.05, 0) is 31.3 Å². The summed E-state index contributed by atoms with van der Waals surface area (Å²) in [6, 6.07) is 0. The Bertz CT molecular complexity index is 156. The van der Waals surface area contributed by atoms with Crippen LogP contribution < -0.4 is 16.6 Å². The molecule has 4 N–H and O–H groups in total. The molecular formula is C6H13N3S2. The second kappa shape index (κ2) is 3.60. The smallest absolute Gasteiger partial charge is 0.180 e. The van der Waals surface area contributed by atoms with Gasteiger partial charge in [0, 0.05) is 11.3 Å². The molecule has 0 amide bonds. The molecule has 0 heterocycles. The lowest BCUT2D eigenvalue weighted by Gasteiger charge is -2.13. The summed E-state index contributed by atoms with van der Waals surface area (Å²) in [6.07, 6.45) is 4.70. The van der Waals surface area contributed by atoms with Gasteiger partial charge in [0.2, 0.25) is 0 Å². The summed E-state index contributed by atoms with van der Waals surface area (Å²) < 4.78 is 0.445. The standard InChI is InChI=1S/C6H13N3S2/c1-11-6(2-3-6)4-8-5(10)9-7/h2-4,7H2,1H3,(H2,8,9,10). The summed E-state index contributed by atoms with van der Waals surface area (Å²) in [5.74, 6) is 5.10. The summed E-state index contributed by atoms with van der Waals surface area (Å²) in [7, 11) is 0. The van der Waals surface area contributed by atoms with Crippen LogP contribution in [0.4, 0.5) is 0 Å². The van der Waals surface area contributed by atoms with E-state index in [1.54, 1.807) is 0 Å². The van der Waals surface area contributed by atoms with E-state index in [4.69, 9.17) is 18.1 Å². The van der Waals surface area contributed by atoms with Crippen molar-refractivity contribution < 1.29 is 0 Å². The van der Waals surface area contributed by atoms with E-state index in [9.17, 15) is 0 Å². The first-order chi connectivity index (χ1) is 5.22. The van der Waals surface area contributed by atoms with Crippen LogP contribution in [0.2, 0.25) is 0 Å². The predicted octanol–water partition coefficient (Wildman–Crippen LogP) is 0.220. The fourth-order valence-electron chi connectivity index (χ4n) is 0.885. The van der Waals surface area contributed by atoms with Gasteiger partial charge in [-0.3, -0.25) is 0 Å². The van der Waals surface area contributed by atoms with Crippen molar-refractivity contribution in [3.05, 3.63) is 0 Å². The lowest BCUT2D eigenvalue weighted by atomic mass is 10.4. The number of rotatable bonds is 3. The van der Waals surface area contributed by atoms with Gasteiger partial charge in [-0.2, -0.15) is 11.8 Å². The zero-order chi connectivity index (χ0) is 8.32. The van der Waals surface area contributed by atoms with E-state index in [1.807, 2.05) is 11.8 Å². The average Bonchev–Trinajstić information content (AvgIpc) is 2.81. The zero-order valence-corrected chi connectivity index (χ0v) is 8.15. The number of thioether (sulfide) groups is 1. The Morgan fingerprint density at radius 1 is 1.73 bits per heavy atom. The van der Waals surface area contributed by atoms with Gasteiger partial charge in [-0.15, -0.1) is 0 Å². The summed E-state index contributed by atoms with van der Waals surface area (Å²) >= 11 is 6.74. The number of nitrogens with two attached hydrogens (primary N) is 1. The minimum Gasteiger partial charge on any atom is -0.360 e. The van der Waals surface area contributed by atoms with Crippen LogP contribution in [0.25, 0.3) is 0 Å². The molecule has 0 spiro atoms. The monoisotopic (exact) mass is 191 g/mol. The molecular weight excluding hydrogens is 178 g/mol. The molecule has 0 radical (unpaired) electrons. The summed E-state index contributed by atoms with van der Waals surface area (Å²) in [5.41, 5.74) is 2.40. The third-order valence-electron chi connectivity index (χ3n) is 1.94. The van der Waals surface area contributed by atoms with Crippen molar-refractivity contribution >= 4 is 29.1 Å². The quantitative estimate of drug-likeness (QED) is 0.338. The van der Waals surface area contributed by atoms with Gasteiger partial charge >= 0.3 is 0 Å². The molecule has 0 aliphatic heterocycles. The van der Waals surface area contributed by atoms with Gasteiger partial charge in [0.05, 0.1) is 0 Å². The minimum atomic E-state index is 0.445. The zero-order valence-electron chi connectivity index (χ0n) is 6.52. The number of hydrazine groups is 1. The van der Waals surface area contributed by atoms with Crippen LogP contribution in [0.1, 0.15) is 12.8 Å². The third kappa shape index (κ3) is 2.50. The first-order valence-electron chi connectivity index (χ1n) is 3.52. The Morgan fingerprint density at radius 3 is 2.73 bits per heavy atom. The Hall–Kier alpha value is -0.0000000000000000486. The molecule has 5 heteroatoms. The molecule has 0 unspecified atom stereocenters. The molecule has 11 heavy (non-hydrogen) atoms. The largest absolute Gasteiger partial charge is 0.360 e. The SMILES string of the molecule is CSC1(CNC(=S)NN)CC1. The lowest BCUT2D eigenvalue weighted by Crippen LogP contribution is -2.42. The van der Waals surface area contributed by atoms with Crippen LogP contribution in [0.5, 0.6) is 0 Å². The van der Waals surface area contributed by atoms with Crippen LogP contribution in [0.3, 0.4) is 0 Å². The first-order valence-corrected chi connectivity index (χ1v) is 5.15. The molecule has 0 aromatic heterocycles. The van der Waals surface area contributed by atoms with Crippen molar-refractivity contribution in [3.8, 4) is 0 Å². The normalized spacial score (nSPS) is 19.1. The third-order valence-corrected chi connectivity index (χ3v) is 3.62. The Labute approximate surface area is 76.4 Å². The summed E-state index contributed by atoms with van der Waals surface area (Å²) in [4.78, 5) is 0. The molecule has 0 aromatic carbocycles. The minimum absolute atomic E-state index is 0.445. The molecule has 1 saturated carbocycles. The molecule has 3 nitrogen and oxygen atoms in total. The van der Waals surface area contributed by atoms with Crippen molar-refractivity contribution in [2.24, 2.45) is 5.84 Å². The molecule has 0 atom stereocenters. The van der Waals surface area contributed by atoms with E-state index in [2.05, 4.69) is 17.0 Å². The van der Waals surface area contributed by atoms with Crippen molar-refractivity contribution in [1.82, 2.24) is 10.7 Å². The Balaban J connectivity index is 2.16. The van der Waals surface area contributed by atoms with Crippen LogP contribution in [0.15, 0.2) is 0 Å². The molecule has 0 saturated heterocycles. The van der Waals surface area contributed by atoms with Crippen molar-refractivity contribution in [2.75, 3.05) is 12.8 Å². The maximum Gasteiger partial charge on any atom is 0.180 e. The van der Waals surface area contributed by atoms with Crippen LogP contribution >= 0.6 is 24.0 Å². The van der Waals surface area contributed by atoms with Crippen molar-refractivity contribution in [2.45, 2.75) is 17.6 Å². The van der Waals surface area contributed by atoms with Gasteiger partial charge in [0.25, 0.3) is 0 Å². The molecule has 0 bridgehead atoms. The molecule has 1 aliphatic rings. The van der Waals surface area contributed by atoms with Crippen molar-refractivity contribution in [3.63, 3.8) is 0 Å². The maximum absolute atomic E-state index is 5.10. The first kappa shape index (κ1) is 9.09. The fraction of sp³-hybridized carbons (Fsp3) is 0.833. The van der Waals surface area contributed by atoms with Gasteiger partial charge < -0.3 is 10.7 Å². The highest BCUT2D eigenvalue weighted by atomic mass is 32.2. The molecule has 1 aliphatic carbocycles. The second-order valence-electron chi connectivity index (χ2n) is 2.71. The van der Waals surface area contributed by atoms with Gasteiger partial charge in [-0.1, -0.05) is 0 Å². The van der Waals surface area contributed by atoms with E-state index in [1.165, 1.54) is 12.8 Å². The second-order valence-corrected chi connectivity index (χ2v) is 4.40. The van der Waals surface area contributed by atoms with Crippen LogP contribution in [0, 0.1) is 0 Å². The number of hydrogen-bond acceptors (Lipinski definition) is 3. The number of thiocarbonyl (C=S) groups is 1. The van der Waals surface area contributed by atoms with Crippen molar-refractivity contribution in [1.29, 1.82) is 0 Å². The van der Waals surface area contributed by atoms with E-state index in [0.717, 1.165) is 6.54 Å².